The van der Waals surface area contributed by atoms with Crippen LogP contribution in [0.2, 0.25) is 0 Å². The third-order valence-corrected chi connectivity index (χ3v) is 7.55. The van der Waals surface area contributed by atoms with Gasteiger partial charge in [0.15, 0.2) is 5.78 Å². The maximum absolute atomic E-state index is 12.3. The first kappa shape index (κ1) is 14.5. The monoisotopic (exact) mass is 298 g/mol. The molecule has 4 rings (SSSR count). The summed E-state index contributed by atoms with van der Waals surface area (Å²) in [6.07, 6.45) is 16.8. The summed E-state index contributed by atoms with van der Waals surface area (Å²) in [6.45, 7) is 2.18. The van der Waals surface area contributed by atoms with Gasteiger partial charge < -0.3 is 5.11 Å². The molecule has 7 atom stereocenters. The van der Waals surface area contributed by atoms with Gasteiger partial charge in [0.1, 0.15) is 5.60 Å². The molecule has 118 valence electrons. The SMILES string of the molecule is C#C[C@]1(O)CC[C@@H]2C3CC[C@]4(C)C(=O)C=CC4[C@@H]3CC[C@@H]2C1. The van der Waals surface area contributed by atoms with Gasteiger partial charge >= 0.3 is 0 Å². The zero-order chi connectivity index (χ0) is 15.5. The van der Waals surface area contributed by atoms with Gasteiger partial charge in [0, 0.05) is 5.41 Å². The van der Waals surface area contributed by atoms with Crippen molar-refractivity contribution in [2.75, 3.05) is 0 Å². The third kappa shape index (κ3) is 1.88. The molecule has 2 unspecified atom stereocenters. The lowest BCUT2D eigenvalue weighted by molar-refractivity contribution is -0.131. The second-order valence-corrected chi connectivity index (χ2v) is 8.45. The Labute approximate surface area is 133 Å². The topological polar surface area (TPSA) is 37.3 Å². The Morgan fingerprint density at radius 3 is 2.73 bits per heavy atom. The van der Waals surface area contributed by atoms with E-state index < -0.39 is 5.60 Å². The molecule has 4 aliphatic carbocycles. The lowest BCUT2D eigenvalue weighted by Gasteiger charge is -2.55. The first-order valence-electron chi connectivity index (χ1n) is 8.90. The van der Waals surface area contributed by atoms with Gasteiger partial charge in [0.2, 0.25) is 0 Å². The summed E-state index contributed by atoms with van der Waals surface area (Å²) in [6, 6.07) is 0. The number of allylic oxidation sites excluding steroid dienone is 2. The van der Waals surface area contributed by atoms with E-state index in [9.17, 15) is 9.90 Å². The van der Waals surface area contributed by atoms with Crippen LogP contribution in [0.5, 0.6) is 0 Å². The van der Waals surface area contributed by atoms with Gasteiger partial charge in [0.25, 0.3) is 0 Å². The van der Waals surface area contributed by atoms with Crippen LogP contribution in [0.25, 0.3) is 0 Å². The lowest BCUT2D eigenvalue weighted by atomic mass is 9.49. The molecule has 0 spiro atoms. The predicted octanol–water partition coefficient (Wildman–Crippen LogP) is 3.35. The number of carbonyl (C=O) groups excluding carboxylic acids is 1. The minimum Gasteiger partial charge on any atom is -0.378 e. The van der Waals surface area contributed by atoms with Gasteiger partial charge in [-0.15, -0.1) is 6.42 Å². The number of rotatable bonds is 0. The standard InChI is InChI=1S/C20H26O2/c1-3-20(22)11-9-14-13(12-20)4-5-16-15(14)8-10-19(2)17(16)6-7-18(19)21/h1,6-7,13-17,22H,4-5,8-12H2,2H3/t13-,14+,15?,16-,17?,19+,20+/m1/s1. The molecule has 0 aromatic carbocycles. The van der Waals surface area contributed by atoms with Gasteiger partial charge in [-0.25, -0.2) is 0 Å². The van der Waals surface area contributed by atoms with E-state index in [1.54, 1.807) is 0 Å². The Kier molecular flexibility index (Phi) is 3.11. The maximum atomic E-state index is 12.3. The number of hydrogen-bond donors (Lipinski definition) is 1. The molecular formula is C20H26O2. The number of terminal acetylenes is 1. The largest absolute Gasteiger partial charge is 0.378 e. The fourth-order valence-electron chi connectivity index (χ4n) is 6.28. The van der Waals surface area contributed by atoms with Crippen molar-refractivity contribution in [3.63, 3.8) is 0 Å². The summed E-state index contributed by atoms with van der Waals surface area (Å²) in [5.41, 5.74) is -0.983. The fourth-order valence-corrected chi connectivity index (χ4v) is 6.28. The van der Waals surface area contributed by atoms with Crippen molar-refractivity contribution in [2.45, 2.75) is 57.5 Å². The molecule has 0 aromatic rings. The molecule has 0 saturated heterocycles. The zero-order valence-corrected chi connectivity index (χ0v) is 13.4. The van der Waals surface area contributed by atoms with Gasteiger partial charge in [-0.2, -0.15) is 0 Å². The van der Waals surface area contributed by atoms with Gasteiger partial charge in [-0.3, -0.25) is 4.79 Å². The van der Waals surface area contributed by atoms with Crippen LogP contribution < -0.4 is 0 Å². The molecule has 4 aliphatic rings. The normalized spacial score (nSPS) is 53.3. The van der Waals surface area contributed by atoms with Crippen LogP contribution in [0.3, 0.4) is 0 Å². The van der Waals surface area contributed by atoms with Crippen LogP contribution in [-0.2, 0) is 4.79 Å². The smallest absolute Gasteiger partial charge is 0.161 e. The van der Waals surface area contributed by atoms with E-state index in [1.807, 2.05) is 6.08 Å². The average molecular weight is 298 g/mol. The number of fused-ring (bicyclic) bond motifs is 5. The summed E-state index contributed by atoms with van der Waals surface area (Å²) in [5.74, 6) is 6.13. The van der Waals surface area contributed by atoms with Crippen LogP contribution in [0.1, 0.15) is 51.9 Å². The molecule has 0 aliphatic heterocycles. The fraction of sp³-hybridized carbons (Fsp3) is 0.750. The Bertz CT molecular complexity index is 571. The Balaban J connectivity index is 1.57. The Hall–Kier alpha value is -1.07. The highest BCUT2D eigenvalue weighted by Gasteiger charge is 2.56. The van der Waals surface area contributed by atoms with Crippen molar-refractivity contribution < 1.29 is 9.90 Å². The van der Waals surface area contributed by atoms with Crippen LogP contribution in [0.4, 0.5) is 0 Å². The molecule has 0 bridgehead atoms. The molecule has 0 heterocycles. The Morgan fingerprint density at radius 1 is 1.18 bits per heavy atom. The van der Waals surface area contributed by atoms with Crippen LogP contribution in [0.15, 0.2) is 12.2 Å². The number of carbonyl (C=O) groups is 1. The first-order valence-corrected chi connectivity index (χ1v) is 8.90. The summed E-state index contributed by atoms with van der Waals surface area (Å²) < 4.78 is 0. The molecule has 1 N–H and O–H groups in total. The summed E-state index contributed by atoms with van der Waals surface area (Å²) in [7, 11) is 0. The second-order valence-electron chi connectivity index (χ2n) is 8.45. The zero-order valence-electron chi connectivity index (χ0n) is 13.4. The first-order chi connectivity index (χ1) is 10.5. The molecule has 0 amide bonds. The minimum absolute atomic E-state index is 0.123. The number of ketones is 1. The quantitative estimate of drug-likeness (QED) is 0.696. The van der Waals surface area contributed by atoms with E-state index >= 15 is 0 Å². The van der Waals surface area contributed by atoms with Gasteiger partial charge in [0.05, 0.1) is 0 Å². The molecular weight excluding hydrogens is 272 g/mol. The van der Waals surface area contributed by atoms with Crippen LogP contribution in [-0.4, -0.2) is 16.5 Å². The molecule has 22 heavy (non-hydrogen) atoms. The van der Waals surface area contributed by atoms with Gasteiger partial charge in [-0.05, 0) is 80.6 Å². The lowest BCUT2D eigenvalue weighted by Crippen LogP contribution is -2.51. The van der Waals surface area contributed by atoms with Crippen molar-refractivity contribution in [3.05, 3.63) is 12.2 Å². The summed E-state index contributed by atoms with van der Waals surface area (Å²) >= 11 is 0. The molecule has 0 radical (unpaired) electrons. The average Bonchev–Trinajstić information content (AvgIpc) is 2.82. The van der Waals surface area contributed by atoms with Crippen molar-refractivity contribution in [3.8, 4) is 12.3 Å². The maximum Gasteiger partial charge on any atom is 0.161 e. The Morgan fingerprint density at radius 2 is 1.95 bits per heavy atom. The van der Waals surface area contributed by atoms with Crippen molar-refractivity contribution in [2.24, 2.45) is 35.0 Å². The van der Waals surface area contributed by atoms with E-state index in [0.717, 1.165) is 31.6 Å². The van der Waals surface area contributed by atoms with E-state index in [0.29, 0.717) is 29.5 Å². The van der Waals surface area contributed by atoms with Crippen molar-refractivity contribution in [1.82, 2.24) is 0 Å². The van der Waals surface area contributed by atoms with E-state index in [1.165, 1.54) is 19.3 Å². The van der Waals surface area contributed by atoms with Crippen LogP contribution >= 0.6 is 0 Å². The second kappa shape index (κ2) is 4.71. The van der Waals surface area contributed by atoms with E-state index in [2.05, 4.69) is 18.9 Å². The minimum atomic E-state index is -0.861. The number of hydrogen-bond acceptors (Lipinski definition) is 2. The van der Waals surface area contributed by atoms with Crippen LogP contribution in [0, 0.1) is 47.3 Å². The molecule has 3 fully saturated rings. The van der Waals surface area contributed by atoms with Crippen molar-refractivity contribution >= 4 is 5.78 Å². The van der Waals surface area contributed by atoms with Gasteiger partial charge in [-0.1, -0.05) is 18.9 Å². The highest BCUT2D eigenvalue weighted by atomic mass is 16.3. The van der Waals surface area contributed by atoms with Crippen molar-refractivity contribution in [1.29, 1.82) is 0 Å². The summed E-state index contributed by atoms with van der Waals surface area (Å²) in [5, 5.41) is 10.4. The van der Waals surface area contributed by atoms with E-state index in [-0.39, 0.29) is 5.41 Å². The highest BCUT2D eigenvalue weighted by Crippen LogP contribution is 2.60. The molecule has 0 aromatic heterocycles. The molecule has 2 heteroatoms. The molecule has 2 nitrogen and oxygen atoms in total. The highest BCUT2D eigenvalue weighted by molar-refractivity contribution is 5.97. The van der Waals surface area contributed by atoms with E-state index in [4.69, 9.17) is 6.42 Å². The number of aliphatic hydroxyl groups is 1. The predicted molar refractivity (Wildman–Crippen MR) is 85.8 cm³/mol. The summed E-state index contributed by atoms with van der Waals surface area (Å²) in [4.78, 5) is 12.3. The molecule has 3 saturated carbocycles. The third-order valence-electron chi connectivity index (χ3n) is 7.55.